The van der Waals surface area contributed by atoms with E-state index >= 15 is 0 Å². The number of nitrogens with two attached hydrogens (primary N) is 1. The smallest absolute Gasteiger partial charge is 0.278 e. The number of hydrogen-bond acceptors (Lipinski definition) is 4. The van der Waals surface area contributed by atoms with Gasteiger partial charge in [-0.2, -0.15) is 0 Å². The first-order chi connectivity index (χ1) is 12.1. The van der Waals surface area contributed by atoms with Crippen molar-refractivity contribution in [1.82, 2.24) is 4.90 Å². The third kappa shape index (κ3) is 3.61. The van der Waals surface area contributed by atoms with Gasteiger partial charge in [-0.25, -0.2) is 4.99 Å². The first-order valence-corrected chi connectivity index (χ1v) is 8.25. The largest absolute Gasteiger partial charge is 0.378 e. The van der Waals surface area contributed by atoms with Crippen LogP contribution in [0.2, 0.25) is 0 Å². The first-order valence-electron chi connectivity index (χ1n) is 8.25. The lowest BCUT2D eigenvalue weighted by Crippen LogP contribution is -2.36. The number of anilines is 1. The Hall–Kier alpha value is -2.92. The number of aliphatic imine (C=N–C) groups is 1. The van der Waals surface area contributed by atoms with Crippen LogP contribution in [0.15, 0.2) is 65.3 Å². The van der Waals surface area contributed by atoms with E-state index in [-0.39, 0.29) is 5.91 Å². The summed E-state index contributed by atoms with van der Waals surface area (Å²) < 4.78 is 0. The van der Waals surface area contributed by atoms with Crippen molar-refractivity contribution in [3.05, 3.63) is 71.4 Å². The second-order valence-electron chi connectivity index (χ2n) is 6.06. The minimum atomic E-state index is -0.110. The SMILES string of the molecule is CN(C)c1ccc(/C=C2\N=C(c3ccccc3)N(CCN)C2=O)cc1. The first kappa shape index (κ1) is 16.9. The number of carbonyl (C=O) groups is 1. The number of amides is 1. The zero-order chi connectivity index (χ0) is 17.8. The minimum Gasteiger partial charge on any atom is -0.378 e. The third-order valence-electron chi connectivity index (χ3n) is 4.04. The van der Waals surface area contributed by atoms with E-state index in [1.807, 2.05) is 79.7 Å². The van der Waals surface area contributed by atoms with Crippen molar-refractivity contribution in [1.29, 1.82) is 0 Å². The maximum atomic E-state index is 12.7. The fourth-order valence-electron chi connectivity index (χ4n) is 2.72. The van der Waals surface area contributed by atoms with Gasteiger partial charge in [0, 0.05) is 38.4 Å². The lowest BCUT2D eigenvalue weighted by atomic mass is 10.1. The van der Waals surface area contributed by atoms with Gasteiger partial charge in [0.15, 0.2) is 0 Å². The topological polar surface area (TPSA) is 61.9 Å². The molecule has 0 unspecified atom stereocenters. The molecule has 1 aliphatic heterocycles. The second-order valence-corrected chi connectivity index (χ2v) is 6.06. The summed E-state index contributed by atoms with van der Waals surface area (Å²) in [5, 5.41) is 0. The summed E-state index contributed by atoms with van der Waals surface area (Å²) >= 11 is 0. The number of rotatable bonds is 5. The second kappa shape index (κ2) is 7.32. The Balaban J connectivity index is 1.95. The molecule has 0 bridgehead atoms. The monoisotopic (exact) mass is 334 g/mol. The van der Waals surface area contributed by atoms with Crippen molar-refractivity contribution in [2.45, 2.75) is 0 Å². The van der Waals surface area contributed by atoms with Crippen LogP contribution in [0.4, 0.5) is 5.69 Å². The number of carbonyl (C=O) groups excluding carboxylic acids is 1. The van der Waals surface area contributed by atoms with Gasteiger partial charge in [-0.05, 0) is 23.8 Å². The number of amidine groups is 1. The van der Waals surface area contributed by atoms with Crippen LogP contribution < -0.4 is 10.6 Å². The summed E-state index contributed by atoms with van der Waals surface area (Å²) in [7, 11) is 3.99. The van der Waals surface area contributed by atoms with Crippen LogP contribution in [0.5, 0.6) is 0 Å². The average molecular weight is 334 g/mol. The predicted molar refractivity (Wildman–Crippen MR) is 102 cm³/mol. The van der Waals surface area contributed by atoms with E-state index in [1.54, 1.807) is 4.90 Å². The molecule has 0 fully saturated rings. The summed E-state index contributed by atoms with van der Waals surface area (Å²) in [5.74, 6) is 0.549. The number of hydrogen-bond donors (Lipinski definition) is 1. The highest BCUT2D eigenvalue weighted by Gasteiger charge is 2.30. The van der Waals surface area contributed by atoms with Crippen LogP contribution in [0, 0.1) is 0 Å². The molecular weight excluding hydrogens is 312 g/mol. The van der Waals surface area contributed by atoms with Crippen LogP contribution in [0.3, 0.4) is 0 Å². The molecule has 1 heterocycles. The summed E-state index contributed by atoms with van der Waals surface area (Å²) in [6, 6.07) is 17.7. The lowest BCUT2D eigenvalue weighted by Gasteiger charge is -2.17. The highest BCUT2D eigenvalue weighted by Crippen LogP contribution is 2.22. The van der Waals surface area contributed by atoms with Crippen molar-refractivity contribution < 1.29 is 4.79 Å². The Labute approximate surface area is 148 Å². The summed E-state index contributed by atoms with van der Waals surface area (Å²) in [5.41, 5.74) is 9.08. The molecule has 1 aliphatic rings. The molecule has 0 saturated carbocycles. The number of nitrogens with zero attached hydrogens (tertiary/aromatic N) is 3. The highest BCUT2D eigenvalue weighted by atomic mass is 16.2. The molecular formula is C20H22N4O. The summed E-state index contributed by atoms with van der Waals surface area (Å²) in [4.78, 5) is 21.0. The van der Waals surface area contributed by atoms with Gasteiger partial charge < -0.3 is 10.6 Å². The Morgan fingerprint density at radius 2 is 1.76 bits per heavy atom. The molecule has 0 spiro atoms. The van der Waals surface area contributed by atoms with Crippen LogP contribution >= 0.6 is 0 Å². The van der Waals surface area contributed by atoms with Crippen LogP contribution in [-0.4, -0.2) is 43.8 Å². The van der Waals surface area contributed by atoms with Crippen molar-refractivity contribution >= 4 is 23.5 Å². The molecule has 3 rings (SSSR count). The van der Waals surface area contributed by atoms with Gasteiger partial charge in [-0.15, -0.1) is 0 Å². The normalized spacial score (nSPS) is 15.6. The molecule has 5 heteroatoms. The molecule has 0 saturated heterocycles. The molecule has 0 aliphatic carbocycles. The number of benzene rings is 2. The molecule has 2 aromatic carbocycles. The Morgan fingerprint density at radius 3 is 2.36 bits per heavy atom. The van der Waals surface area contributed by atoms with Gasteiger partial charge in [-0.3, -0.25) is 9.69 Å². The minimum absolute atomic E-state index is 0.110. The predicted octanol–water partition coefficient (Wildman–Crippen LogP) is 2.34. The van der Waals surface area contributed by atoms with E-state index in [0.29, 0.717) is 24.6 Å². The Morgan fingerprint density at radius 1 is 1.08 bits per heavy atom. The Kier molecular flexibility index (Phi) is 4.95. The van der Waals surface area contributed by atoms with E-state index in [9.17, 15) is 4.79 Å². The van der Waals surface area contributed by atoms with E-state index in [1.165, 1.54) is 0 Å². The van der Waals surface area contributed by atoms with E-state index < -0.39 is 0 Å². The highest BCUT2D eigenvalue weighted by molar-refractivity contribution is 6.19. The van der Waals surface area contributed by atoms with Crippen molar-refractivity contribution in [2.75, 3.05) is 32.1 Å². The van der Waals surface area contributed by atoms with Crippen LogP contribution in [0.1, 0.15) is 11.1 Å². The van der Waals surface area contributed by atoms with Crippen LogP contribution in [0.25, 0.3) is 6.08 Å². The molecule has 128 valence electrons. The fourth-order valence-corrected chi connectivity index (χ4v) is 2.72. The molecule has 0 atom stereocenters. The van der Waals surface area contributed by atoms with E-state index in [2.05, 4.69) is 4.99 Å². The van der Waals surface area contributed by atoms with Gasteiger partial charge in [-0.1, -0.05) is 42.5 Å². The molecule has 25 heavy (non-hydrogen) atoms. The van der Waals surface area contributed by atoms with E-state index in [4.69, 9.17) is 5.73 Å². The maximum absolute atomic E-state index is 12.7. The van der Waals surface area contributed by atoms with Gasteiger partial charge in [0.2, 0.25) is 0 Å². The molecule has 2 aromatic rings. The van der Waals surface area contributed by atoms with Gasteiger partial charge in [0.1, 0.15) is 11.5 Å². The summed E-state index contributed by atoms with van der Waals surface area (Å²) in [6.45, 7) is 0.839. The third-order valence-corrected chi connectivity index (χ3v) is 4.04. The molecule has 5 nitrogen and oxygen atoms in total. The molecule has 0 aromatic heterocycles. The zero-order valence-corrected chi connectivity index (χ0v) is 14.5. The molecule has 0 radical (unpaired) electrons. The van der Waals surface area contributed by atoms with E-state index in [0.717, 1.165) is 16.8 Å². The van der Waals surface area contributed by atoms with Gasteiger partial charge >= 0.3 is 0 Å². The van der Waals surface area contributed by atoms with Crippen LogP contribution in [-0.2, 0) is 4.79 Å². The molecule has 1 amide bonds. The van der Waals surface area contributed by atoms with Gasteiger partial charge in [0.25, 0.3) is 5.91 Å². The van der Waals surface area contributed by atoms with Gasteiger partial charge in [0.05, 0.1) is 0 Å². The van der Waals surface area contributed by atoms with Crippen molar-refractivity contribution in [3.8, 4) is 0 Å². The summed E-state index contributed by atoms with van der Waals surface area (Å²) in [6.07, 6.45) is 1.82. The standard InChI is InChI=1S/C20H22N4O/c1-23(2)17-10-8-15(9-11-17)14-18-20(25)24(13-12-21)19(22-18)16-6-4-3-5-7-16/h3-11,14H,12-13,21H2,1-2H3/b18-14-. The maximum Gasteiger partial charge on any atom is 0.278 e. The quantitative estimate of drug-likeness (QED) is 0.854. The zero-order valence-electron chi connectivity index (χ0n) is 14.5. The molecule has 2 N–H and O–H groups in total. The fraction of sp³-hybridized carbons (Fsp3) is 0.200. The lowest BCUT2D eigenvalue weighted by molar-refractivity contribution is -0.122. The van der Waals surface area contributed by atoms with Crippen molar-refractivity contribution in [3.63, 3.8) is 0 Å². The average Bonchev–Trinajstić information content (AvgIpc) is 2.93. The Bertz CT molecular complexity index is 807. The van der Waals surface area contributed by atoms with Crippen molar-refractivity contribution in [2.24, 2.45) is 10.7 Å².